The first-order valence-electron chi connectivity index (χ1n) is 3.23. The maximum Gasteiger partial charge on any atom is 0.123 e. The topological polar surface area (TPSA) is 69.9 Å². The lowest BCUT2D eigenvalue weighted by molar-refractivity contribution is 0.692. The van der Waals surface area contributed by atoms with Crippen LogP contribution in [0, 0.1) is 6.92 Å². The molecule has 0 unspecified atom stereocenters. The molecule has 1 rings (SSSR count). The Morgan fingerprint density at radius 2 is 2.40 bits per heavy atom. The fourth-order valence-corrected chi connectivity index (χ4v) is 0.906. The van der Waals surface area contributed by atoms with Gasteiger partial charge in [-0.15, -0.1) is 0 Å². The first-order valence-corrected chi connectivity index (χ1v) is 3.23. The van der Waals surface area contributed by atoms with E-state index in [9.17, 15) is 0 Å². The molecule has 0 aliphatic carbocycles. The van der Waals surface area contributed by atoms with Gasteiger partial charge in [0.2, 0.25) is 0 Å². The van der Waals surface area contributed by atoms with Gasteiger partial charge in [-0.25, -0.2) is 4.98 Å². The molecule has 0 saturated carbocycles. The fraction of sp³-hybridized carbons (Fsp3) is 0.500. The molecular weight excluding hydrogens is 128 g/mol. The van der Waals surface area contributed by atoms with Crippen LogP contribution in [0.4, 0.5) is 5.82 Å². The van der Waals surface area contributed by atoms with Crippen molar-refractivity contribution in [2.24, 2.45) is 5.73 Å². The van der Waals surface area contributed by atoms with Gasteiger partial charge in [0.05, 0.1) is 6.20 Å². The molecule has 0 bridgehead atoms. The average molecular weight is 140 g/mol. The molecule has 0 aliphatic rings. The van der Waals surface area contributed by atoms with Crippen molar-refractivity contribution in [1.29, 1.82) is 0 Å². The van der Waals surface area contributed by atoms with E-state index >= 15 is 0 Å². The molecule has 0 aliphatic heterocycles. The average Bonchev–Trinajstić information content (AvgIpc) is 2.20. The van der Waals surface area contributed by atoms with Crippen molar-refractivity contribution in [3.63, 3.8) is 0 Å². The number of aryl methyl sites for hydroxylation is 1. The van der Waals surface area contributed by atoms with Crippen molar-refractivity contribution in [1.82, 2.24) is 9.55 Å². The number of imidazole rings is 1. The molecule has 4 heteroatoms. The third-order valence-corrected chi connectivity index (χ3v) is 1.44. The Kier molecular flexibility index (Phi) is 1.91. The second kappa shape index (κ2) is 2.70. The highest BCUT2D eigenvalue weighted by Crippen LogP contribution is 2.04. The van der Waals surface area contributed by atoms with Crippen molar-refractivity contribution in [2.75, 3.05) is 12.3 Å². The van der Waals surface area contributed by atoms with Crippen molar-refractivity contribution in [2.45, 2.75) is 13.5 Å². The summed E-state index contributed by atoms with van der Waals surface area (Å²) in [6.07, 6.45) is 1.64. The Morgan fingerprint density at radius 3 is 2.80 bits per heavy atom. The number of rotatable bonds is 2. The van der Waals surface area contributed by atoms with E-state index < -0.39 is 0 Å². The second-order valence-electron chi connectivity index (χ2n) is 2.17. The van der Waals surface area contributed by atoms with Crippen molar-refractivity contribution < 1.29 is 0 Å². The Labute approximate surface area is 59.8 Å². The summed E-state index contributed by atoms with van der Waals surface area (Å²) in [5.41, 5.74) is 10.9. The van der Waals surface area contributed by atoms with Gasteiger partial charge in [-0.05, 0) is 6.92 Å². The van der Waals surface area contributed by atoms with Gasteiger partial charge in [0, 0.05) is 13.1 Å². The number of nitrogen functional groups attached to an aromatic ring is 1. The molecule has 10 heavy (non-hydrogen) atoms. The van der Waals surface area contributed by atoms with E-state index in [1.165, 1.54) is 0 Å². The zero-order valence-electron chi connectivity index (χ0n) is 6.04. The van der Waals surface area contributed by atoms with E-state index in [-0.39, 0.29) is 0 Å². The van der Waals surface area contributed by atoms with Crippen LogP contribution in [0.5, 0.6) is 0 Å². The van der Waals surface area contributed by atoms with E-state index in [4.69, 9.17) is 11.5 Å². The Bertz CT molecular complexity index is 196. The molecule has 0 atom stereocenters. The summed E-state index contributed by atoms with van der Waals surface area (Å²) in [5.74, 6) is 1.60. The second-order valence-corrected chi connectivity index (χ2v) is 2.17. The summed E-state index contributed by atoms with van der Waals surface area (Å²) in [6, 6.07) is 0. The number of aromatic nitrogens is 2. The Hall–Kier alpha value is -1.03. The third kappa shape index (κ3) is 1.11. The highest BCUT2D eigenvalue weighted by molar-refractivity contribution is 5.27. The summed E-state index contributed by atoms with van der Waals surface area (Å²) >= 11 is 0. The van der Waals surface area contributed by atoms with E-state index in [1.54, 1.807) is 6.20 Å². The van der Waals surface area contributed by atoms with E-state index in [1.807, 2.05) is 11.5 Å². The lowest BCUT2D eigenvalue weighted by Crippen LogP contribution is -2.12. The smallest absolute Gasteiger partial charge is 0.123 e. The minimum atomic E-state index is 0.599. The summed E-state index contributed by atoms with van der Waals surface area (Å²) in [4.78, 5) is 4.02. The third-order valence-electron chi connectivity index (χ3n) is 1.44. The monoisotopic (exact) mass is 140 g/mol. The van der Waals surface area contributed by atoms with Crippen molar-refractivity contribution in [3.05, 3.63) is 12.0 Å². The lowest BCUT2D eigenvalue weighted by Gasteiger charge is -2.03. The SMILES string of the molecule is Cc1ncc(N)n1CCN. The largest absolute Gasteiger partial charge is 0.384 e. The molecule has 56 valence electrons. The molecule has 0 aromatic carbocycles. The van der Waals surface area contributed by atoms with Crippen LogP contribution >= 0.6 is 0 Å². The molecular formula is C6H12N4. The van der Waals surface area contributed by atoms with Crippen molar-refractivity contribution >= 4 is 5.82 Å². The summed E-state index contributed by atoms with van der Waals surface area (Å²) < 4.78 is 1.89. The highest BCUT2D eigenvalue weighted by atomic mass is 15.1. The van der Waals surface area contributed by atoms with Crippen LogP contribution in [0.15, 0.2) is 6.20 Å². The first-order chi connectivity index (χ1) is 4.75. The number of hydrogen-bond donors (Lipinski definition) is 2. The standard InChI is InChI=1S/C6H12N4/c1-5-9-4-6(8)10(5)3-2-7/h4H,2-3,7-8H2,1H3. The van der Waals surface area contributed by atoms with Crippen LogP contribution in [0.1, 0.15) is 5.82 Å². The summed E-state index contributed by atoms with van der Waals surface area (Å²) in [6.45, 7) is 3.26. The van der Waals surface area contributed by atoms with Gasteiger partial charge < -0.3 is 16.0 Å². The summed E-state index contributed by atoms with van der Waals surface area (Å²) in [7, 11) is 0. The zero-order valence-corrected chi connectivity index (χ0v) is 6.04. The van der Waals surface area contributed by atoms with Gasteiger partial charge in [-0.3, -0.25) is 0 Å². The normalized spacial score (nSPS) is 10.2. The number of nitrogens with zero attached hydrogens (tertiary/aromatic N) is 2. The molecule has 0 spiro atoms. The van der Waals surface area contributed by atoms with Gasteiger partial charge >= 0.3 is 0 Å². The first kappa shape index (κ1) is 7.08. The predicted molar refractivity (Wildman–Crippen MR) is 40.4 cm³/mol. The zero-order chi connectivity index (χ0) is 7.56. The van der Waals surface area contributed by atoms with Gasteiger partial charge in [-0.1, -0.05) is 0 Å². The number of nitrogens with two attached hydrogens (primary N) is 2. The highest BCUT2D eigenvalue weighted by Gasteiger charge is 1.99. The van der Waals surface area contributed by atoms with Gasteiger partial charge in [0.25, 0.3) is 0 Å². The van der Waals surface area contributed by atoms with Gasteiger partial charge in [0.1, 0.15) is 11.6 Å². The quantitative estimate of drug-likeness (QED) is 0.594. The van der Waals surface area contributed by atoms with E-state index in [0.29, 0.717) is 12.4 Å². The molecule has 4 N–H and O–H groups in total. The molecule has 0 fully saturated rings. The molecule has 1 aromatic rings. The van der Waals surface area contributed by atoms with E-state index in [0.717, 1.165) is 12.4 Å². The van der Waals surface area contributed by atoms with Crippen LogP contribution in [-0.4, -0.2) is 16.1 Å². The summed E-state index contributed by atoms with van der Waals surface area (Å²) in [5, 5.41) is 0. The lowest BCUT2D eigenvalue weighted by atomic mass is 10.5. The van der Waals surface area contributed by atoms with Crippen LogP contribution in [-0.2, 0) is 6.54 Å². The number of anilines is 1. The molecule has 4 nitrogen and oxygen atoms in total. The van der Waals surface area contributed by atoms with Gasteiger partial charge in [-0.2, -0.15) is 0 Å². The molecule has 1 heterocycles. The van der Waals surface area contributed by atoms with Crippen LogP contribution in [0.3, 0.4) is 0 Å². The Morgan fingerprint density at radius 1 is 1.70 bits per heavy atom. The molecule has 0 amide bonds. The molecule has 0 radical (unpaired) electrons. The molecule has 0 saturated heterocycles. The Balaban J connectivity index is 2.87. The maximum absolute atomic E-state index is 5.57. The minimum Gasteiger partial charge on any atom is -0.384 e. The minimum absolute atomic E-state index is 0.599. The van der Waals surface area contributed by atoms with Crippen LogP contribution in [0.2, 0.25) is 0 Å². The molecule has 1 aromatic heterocycles. The fourth-order valence-electron chi connectivity index (χ4n) is 0.906. The van der Waals surface area contributed by atoms with Crippen LogP contribution < -0.4 is 11.5 Å². The van der Waals surface area contributed by atoms with E-state index in [2.05, 4.69) is 4.98 Å². The van der Waals surface area contributed by atoms with Gasteiger partial charge in [0.15, 0.2) is 0 Å². The predicted octanol–water partition coefficient (Wildman–Crippen LogP) is -0.268. The van der Waals surface area contributed by atoms with Crippen LogP contribution in [0.25, 0.3) is 0 Å². The number of hydrogen-bond acceptors (Lipinski definition) is 3. The maximum atomic E-state index is 5.57. The van der Waals surface area contributed by atoms with Crippen molar-refractivity contribution in [3.8, 4) is 0 Å².